The minimum Gasteiger partial charge on any atom is -0.497 e. The first-order valence-electron chi connectivity index (χ1n) is 9.52. The van der Waals surface area contributed by atoms with Crippen molar-refractivity contribution in [2.75, 3.05) is 13.7 Å². The monoisotopic (exact) mass is 391 g/mol. The molecule has 3 rings (SSSR count). The molecule has 0 saturated carbocycles. The van der Waals surface area contributed by atoms with E-state index in [0.717, 1.165) is 16.9 Å². The van der Waals surface area contributed by atoms with Gasteiger partial charge in [-0.3, -0.25) is 4.79 Å². The minimum atomic E-state index is -0.413. The zero-order chi connectivity index (χ0) is 20.8. The van der Waals surface area contributed by atoms with Gasteiger partial charge in [-0.1, -0.05) is 55.1 Å². The van der Waals surface area contributed by atoms with E-state index in [9.17, 15) is 9.59 Å². The maximum absolute atomic E-state index is 13.0. The second kappa shape index (κ2) is 9.24. The lowest BCUT2D eigenvalue weighted by molar-refractivity contribution is -0.139. The predicted molar refractivity (Wildman–Crippen MR) is 111 cm³/mol. The van der Waals surface area contributed by atoms with Crippen molar-refractivity contribution in [1.29, 1.82) is 0 Å². The molecule has 5 nitrogen and oxygen atoms in total. The third-order valence-corrected chi connectivity index (χ3v) is 5.08. The summed E-state index contributed by atoms with van der Waals surface area (Å²) in [5.74, 6) is -0.00660. The van der Waals surface area contributed by atoms with Crippen LogP contribution in [0.1, 0.15) is 30.4 Å². The molecule has 1 heterocycles. The summed E-state index contributed by atoms with van der Waals surface area (Å²) >= 11 is 0. The quantitative estimate of drug-likeness (QED) is 0.524. The molecule has 1 aliphatic rings. The van der Waals surface area contributed by atoms with E-state index >= 15 is 0 Å². The van der Waals surface area contributed by atoms with Crippen LogP contribution in [0.3, 0.4) is 0 Å². The number of nitrogens with zero attached hydrogens (tertiary/aromatic N) is 1. The van der Waals surface area contributed by atoms with Gasteiger partial charge in [-0.2, -0.15) is 0 Å². The highest BCUT2D eigenvalue weighted by atomic mass is 16.5. The molecule has 2 aromatic rings. The molecule has 29 heavy (non-hydrogen) atoms. The number of hydrogen-bond acceptors (Lipinski definition) is 4. The van der Waals surface area contributed by atoms with Gasteiger partial charge in [-0.25, -0.2) is 4.79 Å². The Morgan fingerprint density at radius 1 is 1.17 bits per heavy atom. The molecule has 0 saturated heterocycles. The van der Waals surface area contributed by atoms with Crippen LogP contribution in [-0.4, -0.2) is 30.5 Å². The summed E-state index contributed by atoms with van der Waals surface area (Å²) in [4.78, 5) is 27.5. The zero-order valence-corrected chi connectivity index (χ0v) is 16.8. The first-order valence-corrected chi connectivity index (χ1v) is 9.52. The van der Waals surface area contributed by atoms with E-state index in [4.69, 9.17) is 9.47 Å². The van der Waals surface area contributed by atoms with Crippen molar-refractivity contribution in [3.63, 3.8) is 0 Å². The van der Waals surface area contributed by atoms with Crippen LogP contribution in [-0.2, 0) is 20.9 Å². The van der Waals surface area contributed by atoms with Crippen LogP contribution in [0.5, 0.6) is 5.75 Å². The summed E-state index contributed by atoms with van der Waals surface area (Å²) in [5.41, 5.74) is 3.02. The maximum Gasteiger partial charge on any atom is 0.336 e. The van der Waals surface area contributed by atoms with Gasteiger partial charge in [0.25, 0.3) is 0 Å². The fourth-order valence-corrected chi connectivity index (χ4v) is 3.56. The fourth-order valence-electron chi connectivity index (χ4n) is 3.56. The highest BCUT2D eigenvalue weighted by molar-refractivity contribution is 5.95. The Balaban J connectivity index is 1.97. The molecule has 5 heteroatoms. The van der Waals surface area contributed by atoms with E-state index in [1.54, 1.807) is 18.9 Å². The van der Waals surface area contributed by atoms with Crippen molar-refractivity contribution in [2.45, 2.75) is 25.8 Å². The third-order valence-electron chi connectivity index (χ3n) is 5.08. The van der Waals surface area contributed by atoms with Gasteiger partial charge in [0.1, 0.15) is 12.4 Å². The highest BCUT2D eigenvalue weighted by Gasteiger charge is 2.36. The van der Waals surface area contributed by atoms with Crippen LogP contribution in [0.25, 0.3) is 0 Å². The smallest absolute Gasteiger partial charge is 0.336 e. The molecule has 0 unspecified atom stereocenters. The van der Waals surface area contributed by atoms with Gasteiger partial charge in [0.2, 0.25) is 5.91 Å². The lowest BCUT2D eigenvalue weighted by atomic mass is 9.83. The Labute approximate surface area is 171 Å². The molecule has 150 valence electrons. The molecular formula is C24H25NO4. The highest BCUT2D eigenvalue weighted by Crippen LogP contribution is 2.37. The van der Waals surface area contributed by atoms with Crippen molar-refractivity contribution >= 4 is 11.9 Å². The number of allylic oxidation sites excluding steroid dienone is 1. The number of esters is 1. The minimum absolute atomic E-state index is 0.0209. The van der Waals surface area contributed by atoms with Crippen molar-refractivity contribution < 1.29 is 19.1 Å². The molecule has 0 aromatic heterocycles. The van der Waals surface area contributed by atoms with E-state index in [2.05, 4.69) is 6.58 Å². The Morgan fingerprint density at radius 2 is 1.86 bits per heavy atom. The molecule has 0 N–H and O–H groups in total. The van der Waals surface area contributed by atoms with E-state index in [-0.39, 0.29) is 24.9 Å². The van der Waals surface area contributed by atoms with Crippen LogP contribution in [0.15, 0.2) is 78.5 Å². The third kappa shape index (κ3) is 4.57. The summed E-state index contributed by atoms with van der Waals surface area (Å²) in [7, 11) is 1.61. The lowest BCUT2D eigenvalue weighted by Gasteiger charge is -2.34. The average Bonchev–Trinajstić information content (AvgIpc) is 2.75. The van der Waals surface area contributed by atoms with Gasteiger partial charge >= 0.3 is 5.97 Å². The molecule has 1 amide bonds. The zero-order valence-electron chi connectivity index (χ0n) is 16.8. The van der Waals surface area contributed by atoms with Gasteiger partial charge in [0, 0.05) is 18.0 Å². The Morgan fingerprint density at radius 3 is 2.48 bits per heavy atom. The number of carbonyl (C=O) groups excluding carboxylic acids is 2. The van der Waals surface area contributed by atoms with Crippen LogP contribution in [0.4, 0.5) is 0 Å². The van der Waals surface area contributed by atoms with Crippen molar-refractivity contribution in [3.05, 3.63) is 89.6 Å². The standard InChI is InChI=1S/C24H25NO4/c1-4-14-29-24(27)23-17(2)25(16-18-10-12-20(28-3)13-11-18)22(26)15-21(23)19-8-6-5-7-9-19/h4-13,21H,1,14-16H2,2-3H3/t21-/m1/s1. The lowest BCUT2D eigenvalue weighted by Crippen LogP contribution is -2.38. The number of benzene rings is 2. The summed E-state index contributed by atoms with van der Waals surface area (Å²) < 4.78 is 10.5. The number of hydrogen-bond donors (Lipinski definition) is 0. The Bertz CT molecular complexity index is 916. The van der Waals surface area contributed by atoms with Gasteiger partial charge in [0.15, 0.2) is 0 Å². The van der Waals surface area contributed by atoms with E-state index < -0.39 is 5.97 Å². The molecule has 0 radical (unpaired) electrons. The molecule has 0 fully saturated rings. The van der Waals surface area contributed by atoms with Crippen LogP contribution < -0.4 is 4.74 Å². The average molecular weight is 391 g/mol. The van der Waals surface area contributed by atoms with E-state index in [0.29, 0.717) is 17.8 Å². The number of amides is 1. The first-order chi connectivity index (χ1) is 14.0. The second-order valence-corrected chi connectivity index (χ2v) is 6.88. The summed E-state index contributed by atoms with van der Waals surface area (Å²) in [6, 6.07) is 17.1. The molecule has 0 aliphatic carbocycles. The van der Waals surface area contributed by atoms with Crippen LogP contribution >= 0.6 is 0 Å². The van der Waals surface area contributed by atoms with E-state index in [1.807, 2.05) is 54.6 Å². The van der Waals surface area contributed by atoms with Gasteiger partial charge < -0.3 is 14.4 Å². The van der Waals surface area contributed by atoms with Crippen molar-refractivity contribution in [3.8, 4) is 5.75 Å². The summed E-state index contributed by atoms with van der Waals surface area (Å²) in [6.07, 6.45) is 1.75. The summed E-state index contributed by atoms with van der Waals surface area (Å²) in [5, 5.41) is 0. The normalized spacial score (nSPS) is 16.6. The van der Waals surface area contributed by atoms with E-state index in [1.165, 1.54) is 6.08 Å². The van der Waals surface area contributed by atoms with Crippen LogP contribution in [0, 0.1) is 0 Å². The molecule has 1 aliphatic heterocycles. The second-order valence-electron chi connectivity index (χ2n) is 6.88. The van der Waals surface area contributed by atoms with Crippen molar-refractivity contribution in [1.82, 2.24) is 4.90 Å². The maximum atomic E-state index is 13.0. The van der Waals surface area contributed by atoms with Gasteiger partial charge in [-0.15, -0.1) is 0 Å². The molecule has 1 atom stereocenters. The predicted octanol–water partition coefficient (Wildman–Crippen LogP) is 4.21. The van der Waals surface area contributed by atoms with Crippen molar-refractivity contribution in [2.24, 2.45) is 0 Å². The molecule has 0 bridgehead atoms. The SMILES string of the molecule is C=CCOC(=O)C1=C(C)N(Cc2ccc(OC)cc2)C(=O)C[C@@H]1c1ccccc1. The van der Waals surface area contributed by atoms with Gasteiger partial charge in [0.05, 0.1) is 19.2 Å². The number of rotatable bonds is 7. The van der Waals surface area contributed by atoms with Crippen LogP contribution in [0.2, 0.25) is 0 Å². The first kappa shape index (κ1) is 20.4. The molecule has 0 spiro atoms. The Kier molecular flexibility index (Phi) is 6.50. The summed E-state index contributed by atoms with van der Waals surface area (Å²) in [6.45, 7) is 5.92. The van der Waals surface area contributed by atoms with Gasteiger partial charge in [-0.05, 0) is 30.2 Å². The number of methoxy groups -OCH3 is 1. The Hall–Kier alpha value is -3.34. The molecular weight excluding hydrogens is 366 g/mol. The molecule has 2 aromatic carbocycles. The number of carbonyl (C=O) groups is 2. The number of ether oxygens (including phenoxy) is 2. The topological polar surface area (TPSA) is 55.8 Å². The largest absolute Gasteiger partial charge is 0.497 e. The fraction of sp³-hybridized carbons (Fsp3) is 0.250.